The number of aromatic nitrogens is 3. The van der Waals surface area contributed by atoms with Gasteiger partial charge in [-0.15, -0.1) is 21.5 Å². The summed E-state index contributed by atoms with van der Waals surface area (Å²) in [6.07, 6.45) is 2.58. The molecule has 3 heterocycles. The van der Waals surface area contributed by atoms with Crippen molar-refractivity contribution < 1.29 is 4.79 Å². The lowest BCUT2D eigenvalue weighted by Gasteiger charge is -2.32. The first-order valence-corrected chi connectivity index (χ1v) is 11.0. The summed E-state index contributed by atoms with van der Waals surface area (Å²) in [7, 11) is 0. The van der Waals surface area contributed by atoms with Crippen molar-refractivity contribution in [1.29, 1.82) is 0 Å². The number of hydrogen-bond acceptors (Lipinski definition) is 6. The Balaban J connectivity index is 1.27. The molecule has 8 heteroatoms. The lowest BCUT2D eigenvalue weighted by Crippen LogP contribution is -2.43. The Labute approximate surface area is 179 Å². The van der Waals surface area contributed by atoms with Crippen molar-refractivity contribution in [3.8, 4) is 11.3 Å². The molecule has 1 aromatic carbocycles. The van der Waals surface area contributed by atoms with Gasteiger partial charge in [0.1, 0.15) is 0 Å². The van der Waals surface area contributed by atoms with E-state index < -0.39 is 0 Å². The average Bonchev–Trinajstić information content (AvgIpc) is 3.24. The molecule has 2 aromatic heterocycles. The summed E-state index contributed by atoms with van der Waals surface area (Å²) in [6.45, 7) is 2.12. The molecule has 150 valence electrons. The molecule has 1 aliphatic heterocycles. The van der Waals surface area contributed by atoms with E-state index in [1.165, 1.54) is 0 Å². The second-order valence-electron chi connectivity index (χ2n) is 7.03. The molecule has 4 rings (SSSR count). The third-order valence-corrected chi connectivity index (χ3v) is 6.10. The fourth-order valence-corrected chi connectivity index (χ4v) is 4.39. The largest absolute Gasteiger partial charge is 0.355 e. The number of nitrogens with zero attached hydrogens (tertiary/aromatic N) is 4. The van der Waals surface area contributed by atoms with Crippen LogP contribution in [0.5, 0.6) is 0 Å². The topological polar surface area (TPSA) is 71.0 Å². The Morgan fingerprint density at radius 3 is 2.86 bits per heavy atom. The van der Waals surface area contributed by atoms with Gasteiger partial charge in [-0.05, 0) is 25.0 Å². The van der Waals surface area contributed by atoms with Gasteiger partial charge in [0.05, 0.1) is 16.6 Å². The van der Waals surface area contributed by atoms with E-state index in [0.29, 0.717) is 18.2 Å². The standard InChI is InChI=1S/C21H22ClN5OS/c22-18-8-9-19(26-25-18)27-12-4-7-16(13-27)21(28)23-11-10-20-24-17(14-29-20)15-5-2-1-3-6-15/h1-3,5-6,8-9,14,16H,4,7,10-13H2,(H,23,28)/t16-/m0/s1. The van der Waals surface area contributed by atoms with Crippen LogP contribution in [0.25, 0.3) is 11.3 Å². The van der Waals surface area contributed by atoms with E-state index in [4.69, 9.17) is 11.6 Å². The molecule has 0 radical (unpaired) electrons. The van der Waals surface area contributed by atoms with Crippen molar-refractivity contribution in [2.75, 3.05) is 24.5 Å². The molecule has 0 aliphatic carbocycles. The minimum atomic E-state index is -0.0441. The van der Waals surface area contributed by atoms with Crippen LogP contribution in [0.3, 0.4) is 0 Å². The lowest BCUT2D eigenvalue weighted by molar-refractivity contribution is -0.125. The number of thiazole rings is 1. The van der Waals surface area contributed by atoms with Gasteiger partial charge in [-0.3, -0.25) is 4.79 Å². The molecular weight excluding hydrogens is 406 g/mol. The Morgan fingerprint density at radius 1 is 1.21 bits per heavy atom. The van der Waals surface area contributed by atoms with Gasteiger partial charge in [0.15, 0.2) is 11.0 Å². The van der Waals surface area contributed by atoms with Crippen LogP contribution in [-0.2, 0) is 11.2 Å². The van der Waals surface area contributed by atoms with Gasteiger partial charge in [0.25, 0.3) is 0 Å². The highest BCUT2D eigenvalue weighted by atomic mass is 35.5. The molecule has 0 spiro atoms. The van der Waals surface area contributed by atoms with Crippen LogP contribution < -0.4 is 10.2 Å². The maximum Gasteiger partial charge on any atom is 0.224 e. The van der Waals surface area contributed by atoms with Gasteiger partial charge in [-0.1, -0.05) is 41.9 Å². The number of benzene rings is 1. The number of anilines is 1. The van der Waals surface area contributed by atoms with Crippen LogP contribution in [0, 0.1) is 5.92 Å². The number of rotatable bonds is 6. The first-order valence-electron chi connectivity index (χ1n) is 9.71. The second-order valence-corrected chi connectivity index (χ2v) is 8.36. The minimum Gasteiger partial charge on any atom is -0.355 e. The summed E-state index contributed by atoms with van der Waals surface area (Å²) in [5, 5.41) is 14.6. The predicted molar refractivity (Wildman–Crippen MR) is 116 cm³/mol. The summed E-state index contributed by atoms with van der Waals surface area (Å²) < 4.78 is 0. The Morgan fingerprint density at radius 2 is 2.07 bits per heavy atom. The van der Waals surface area contributed by atoms with Gasteiger partial charge in [0.2, 0.25) is 5.91 Å². The number of carbonyl (C=O) groups excluding carboxylic acids is 1. The maximum absolute atomic E-state index is 12.6. The van der Waals surface area contributed by atoms with E-state index >= 15 is 0 Å². The first-order chi connectivity index (χ1) is 14.2. The van der Waals surface area contributed by atoms with Crippen LogP contribution in [0.15, 0.2) is 47.8 Å². The SMILES string of the molecule is O=C(NCCc1nc(-c2ccccc2)cs1)[C@H]1CCCN(c2ccc(Cl)nn2)C1. The molecule has 1 amide bonds. The highest BCUT2D eigenvalue weighted by molar-refractivity contribution is 7.09. The molecule has 0 bridgehead atoms. The Kier molecular flexibility index (Phi) is 6.36. The van der Waals surface area contributed by atoms with Crippen LogP contribution >= 0.6 is 22.9 Å². The van der Waals surface area contributed by atoms with Crippen molar-refractivity contribution in [3.63, 3.8) is 0 Å². The molecule has 6 nitrogen and oxygen atoms in total. The lowest BCUT2D eigenvalue weighted by atomic mass is 9.97. The van der Waals surface area contributed by atoms with Crippen LogP contribution in [-0.4, -0.2) is 40.7 Å². The summed E-state index contributed by atoms with van der Waals surface area (Å²) in [5.41, 5.74) is 2.11. The zero-order valence-electron chi connectivity index (χ0n) is 15.9. The van der Waals surface area contributed by atoms with Crippen LogP contribution in [0.2, 0.25) is 5.15 Å². The summed E-state index contributed by atoms with van der Waals surface area (Å²) in [6, 6.07) is 13.7. The van der Waals surface area contributed by atoms with Gasteiger partial charge in [0, 0.05) is 37.0 Å². The van der Waals surface area contributed by atoms with Crippen molar-refractivity contribution in [1.82, 2.24) is 20.5 Å². The van der Waals surface area contributed by atoms with Crippen molar-refractivity contribution >= 4 is 34.7 Å². The zero-order chi connectivity index (χ0) is 20.1. The molecule has 0 unspecified atom stereocenters. The van der Waals surface area contributed by atoms with E-state index in [1.807, 2.05) is 24.3 Å². The maximum atomic E-state index is 12.6. The third kappa shape index (κ3) is 5.10. The van der Waals surface area contributed by atoms with E-state index in [2.05, 4.69) is 42.9 Å². The molecule has 1 saturated heterocycles. The molecule has 1 atom stereocenters. The second kappa shape index (κ2) is 9.33. The number of amides is 1. The summed E-state index contributed by atoms with van der Waals surface area (Å²) >= 11 is 7.45. The number of hydrogen-bond donors (Lipinski definition) is 1. The average molecular weight is 428 g/mol. The van der Waals surface area contributed by atoms with Crippen molar-refractivity contribution in [2.24, 2.45) is 5.92 Å². The number of piperidine rings is 1. The van der Waals surface area contributed by atoms with Crippen molar-refractivity contribution in [2.45, 2.75) is 19.3 Å². The molecular formula is C21H22ClN5OS. The Hall–Kier alpha value is -2.51. The molecule has 1 aliphatic rings. The Bertz CT molecular complexity index is 947. The fourth-order valence-electron chi connectivity index (χ4n) is 3.48. The molecule has 1 N–H and O–H groups in total. The van der Waals surface area contributed by atoms with Gasteiger partial charge >= 0.3 is 0 Å². The van der Waals surface area contributed by atoms with Gasteiger partial charge in [-0.2, -0.15) is 0 Å². The van der Waals surface area contributed by atoms with Crippen molar-refractivity contribution in [3.05, 3.63) is 58.0 Å². The fraction of sp³-hybridized carbons (Fsp3) is 0.333. The predicted octanol–water partition coefficient (Wildman–Crippen LogP) is 3.83. The molecule has 1 fully saturated rings. The minimum absolute atomic E-state index is 0.0441. The number of halogens is 1. The number of nitrogens with one attached hydrogen (secondary N) is 1. The van der Waals surface area contributed by atoms with E-state index in [-0.39, 0.29) is 11.8 Å². The smallest absolute Gasteiger partial charge is 0.224 e. The summed E-state index contributed by atoms with van der Waals surface area (Å²) in [5.74, 6) is 0.817. The zero-order valence-corrected chi connectivity index (χ0v) is 17.5. The van der Waals surface area contributed by atoms with Gasteiger partial charge < -0.3 is 10.2 Å². The van der Waals surface area contributed by atoms with E-state index in [0.717, 1.165) is 47.9 Å². The first kappa shape index (κ1) is 19.8. The highest BCUT2D eigenvalue weighted by Gasteiger charge is 2.26. The quantitative estimate of drug-likeness (QED) is 0.647. The normalized spacial score (nSPS) is 16.6. The summed E-state index contributed by atoms with van der Waals surface area (Å²) in [4.78, 5) is 19.4. The molecule has 0 saturated carbocycles. The highest BCUT2D eigenvalue weighted by Crippen LogP contribution is 2.23. The van der Waals surface area contributed by atoms with Crippen LogP contribution in [0.4, 0.5) is 5.82 Å². The van der Waals surface area contributed by atoms with E-state index in [9.17, 15) is 4.79 Å². The van der Waals surface area contributed by atoms with Gasteiger partial charge in [-0.25, -0.2) is 4.98 Å². The van der Waals surface area contributed by atoms with Crippen LogP contribution in [0.1, 0.15) is 17.8 Å². The molecule has 3 aromatic rings. The number of carbonyl (C=O) groups is 1. The van der Waals surface area contributed by atoms with E-state index in [1.54, 1.807) is 17.4 Å². The monoisotopic (exact) mass is 427 g/mol. The molecule has 29 heavy (non-hydrogen) atoms. The third-order valence-electron chi connectivity index (χ3n) is 4.99.